The van der Waals surface area contributed by atoms with Crippen molar-refractivity contribution in [2.75, 3.05) is 72.0 Å². The van der Waals surface area contributed by atoms with E-state index in [1.165, 1.54) is 4.90 Å². The lowest BCUT2D eigenvalue weighted by molar-refractivity contribution is -0.366. The van der Waals surface area contributed by atoms with Gasteiger partial charge in [-0.2, -0.15) is 4.90 Å². The standard InChI is InChI=1S/C40H57BN8O12/c1-38-13-12-27(5-3-15-46-21-35(54)61-40(25-46)26-47-22-36(55)60-39(24-47,49(38)40)23-42-20-34(53)59-38)17-32(51)43-14-2-7-31(50)44-18-28-8-10-29(11-9-28)37(56)45-19-33(52)48-16-4-6-30(48)41(57)58/h8-11,27,30,42,57-58H,2-7,12-26H2,1H3,(H,43,51)(H,44,50)(H,45,56)/t27?,30-,38?,39?,40?/m0/s1. The van der Waals surface area contributed by atoms with E-state index in [9.17, 15) is 43.6 Å². The summed E-state index contributed by atoms with van der Waals surface area (Å²) in [6, 6.07) is 6.59. The molecule has 6 aliphatic rings. The maximum atomic E-state index is 13.3. The summed E-state index contributed by atoms with van der Waals surface area (Å²) in [5.41, 5.74) is -2.79. The predicted octanol–water partition coefficient (Wildman–Crippen LogP) is -2.20. The highest BCUT2D eigenvalue weighted by Gasteiger charge is 2.68. The van der Waals surface area contributed by atoms with Gasteiger partial charge in [0, 0.05) is 44.5 Å². The van der Waals surface area contributed by atoms with E-state index in [2.05, 4.69) is 21.3 Å². The summed E-state index contributed by atoms with van der Waals surface area (Å²) in [5, 5.41) is 30.5. The third-order valence-electron chi connectivity index (χ3n) is 12.6. The molecule has 6 unspecified atom stereocenters. The van der Waals surface area contributed by atoms with E-state index in [0.29, 0.717) is 76.8 Å². The first kappa shape index (κ1) is 44.4. The van der Waals surface area contributed by atoms with E-state index in [-0.39, 0.29) is 82.3 Å². The number of nitrogens with one attached hydrogen (secondary N) is 4. The van der Waals surface area contributed by atoms with Crippen molar-refractivity contribution in [2.45, 2.75) is 94.4 Å². The summed E-state index contributed by atoms with van der Waals surface area (Å²) >= 11 is 0. The molecule has 4 amide bonds. The van der Waals surface area contributed by atoms with Gasteiger partial charge in [-0.05, 0) is 75.6 Å². The van der Waals surface area contributed by atoms with Gasteiger partial charge in [-0.25, -0.2) is 0 Å². The third-order valence-corrected chi connectivity index (χ3v) is 12.6. The molecule has 0 radical (unpaired) electrons. The number of rotatable bonds is 12. The zero-order valence-electron chi connectivity index (χ0n) is 34.7. The molecule has 0 saturated carbocycles. The fourth-order valence-electron chi connectivity index (χ4n) is 10.1. The molecular weight excluding hydrogens is 795 g/mol. The van der Waals surface area contributed by atoms with Crippen LogP contribution in [0, 0.1) is 5.92 Å². The van der Waals surface area contributed by atoms with Gasteiger partial charge in [0.25, 0.3) is 5.91 Å². The highest BCUT2D eigenvalue weighted by molar-refractivity contribution is 6.43. The Kier molecular flexibility index (Phi) is 13.6. The van der Waals surface area contributed by atoms with Crippen LogP contribution in [0.2, 0.25) is 0 Å². The van der Waals surface area contributed by atoms with Crippen molar-refractivity contribution in [3.63, 3.8) is 0 Å². The van der Waals surface area contributed by atoms with Crippen LogP contribution in [0.15, 0.2) is 24.3 Å². The molecule has 2 spiro atoms. The fraction of sp³-hybridized carbons (Fsp3) is 0.675. The largest absolute Gasteiger partial charge is 0.475 e. The maximum Gasteiger partial charge on any atom is 0.475 e. The van der Waals surface area contributed by atoms with Crippen LogP contribution in [0.4, 0.5) is 0 Å². The summed E-state index contributed by atoms with van der Waals surface area (Å²) in [6.07, 6.45) is 4.16. The number of hydrogen-bond acceptors (Lipinski definition) is 16. The molecule has 0 aliphatic carbocycles. The lowest BCUT2D eigenvalue weighted by Gasteiger charge is -2.65. The molecule has 0 aromatic heterocycles. The zero-order chi connectivity index (χ0) is 43.4. The number of nitrogens with zero attached hydrogens (tertiary/aromatic N) is 4. The normalized spacial score (nSPS) is 31.4. The number of carbonyl (C=O) groups is 7. The Morgan fingerprint density at radius 1 is 0.836 bits per heavy atom. The maximum absolute atomic E-state index is 13.3. The van der Waals surface area contributed by atoms with Crippen molar-refractivity contribution in [3.8, 4) is 0 Å². The van der Waals surface area contributed by atoms with Gasteiger partial charge in [0.15, 0.2) is 17.2 Å². The Balaban J connectivity index is 0.879. The zero-order valence-corrected chi connectivity index (χ0v) is 34.7. The number of carbonyl (C=O) groups excluding carboxylic acids is 7. The number of piperazine rings is 1. The summed E-state index contributed by atoms with van der Waals surface area (Å²) in [4.78, 5) is 97.6. The number of fused-ring (bicyclic) bond motifs is 2. The minimum absolute atomic E-state index is 0.0553. The molecule has 6 saturated heterocycles. The van der Waals surface area contributed by atoms with E-state index in [4.69, 9.17) is 14.2 Å². The smallest absolute Gasteiger partial charge is 0.443 e. The van der Waals surface area contributed by atoms with Crippen molar-refractivity contribution in [1.29, 1.82) is 0 Å². The molecule has 61 heavy (non-hydrogen) atoms. The van der Waals surface area contributed by atoms with Gasteiger partial charge in [-0.1, -0.05) is 12.1 Å². The van der Waals surface area contributed by atoms with E-state index < -0.39 is 54.0 Å². The monoisotopic (exact) mass is 852 g/mol. The summed E-state index contributed by atoms with van der Waals surface area (Å²) in [5.74, 6) is -3.30. The summed E-state index contributed by atoms with van der Waals surface area (Å²) in [6.45, 7) is 4.11. The molecule has 4 bridgehead atoms. The molecule has 7 rings (SSSR count). The van der Waals surface area contributed by atoms with Crippen LogP contribution in [0.5, 0.6) is 0 Å². The molecule has 332 valence electrons. The molecule has 1 aromatic carbocycles. The van der Waals surface area contributed by atoms with Gasteiger partial charge < -0.3 is 50.4 Å². The van der Waals surface area contributed by atoms with Crippen LogP contribution in [-0.2, 0) is 49.5 Å². The number of benzene rings is 1. The first-order valence-electron chi connectivity index (χ1n) is 21.3. The quantitative estimate of drug-likeness (QED) is 0.0566. The van der Waals surface area contributed by atoms with Crippen LogP contribution in [0.25, 0.3) is 0 Å². The SMILES string of the molecule is CC12CCC(CC(=O)NCCCC(=O)NCc3ccc(C(=O)NCC(=O)N4CCC[C@H]4B(O)O)cc3)CCCN3CC(=O)OC4(C3)CN3CC(=O)OC(CNCC(=O)O1)(C3)N24. The second kappa shape index (κ2) is 18.8. The number of esters is 3. The van der Waals surface area contributed by atoms with Crippen LogP contribution in [-0.4, -0.2) is 173 Å². The first-order chi connectivity index (χ1) is 29.2. The predicted molar refractivity (Wildman–Crippen MR) is 214 cm³/mol. The van der Waals surface area contributed by atoms with Crippen molar-refractivity contribution >= 4 is 48.7 Å². The molecule has 7 atom stereocenters. The molecule has 6 fully saturated rings. The van der Waals surface area contributed by atoms with Gasteiger partial charge in [0.2, 0.25) is 17.7 Å². The van der Waals surface area contributed by atoms with Crippen LogP contribution in [0.1, 0.15) is 80.6 Å². The Labute approximate surface area is 354 Å². The number of amides is 4. The van der Waals surface area contributed by atoms with E-state index in [1.54, 1.807) is 31.2 Å². The Hall–Kier alpha value is -4.67. The lowest BCUT2D eigenvalue weighted by atomic mass is 9.78. The van der Waals surface area contributed by atoms with E-state index >= 15 is 0 Å². The van der Waals surface area contributed by atoms with Gasteiger partial charge in [-0.15, -0.1) is 0 Å². The second-order valence-corrected chi connectivity index (χ2v) is 17.4. The number of likely N-dealkylation sites (tertiary alicyclic amines) is 1. The molecule has 1 aromatic rings. The lowest BCUT2D eigenvalue weighted by Crippen LogP contribution is -2.86. The van der Waals surface area contributed by atoms with Crippen molar-refractivity contribution < 1.29 is 57.8 Å². The topological polar surface area (TPSA) is 249 Å². The van der Waals surface area contributed by atoms with Gasteiger partial charge >= 0.3 is 25.0 Å². The summed E-state index contributed by atoms with van der Waals surface area (Å²) < 4.78 is 18.6. The highest BCUT2D eigenvalue weighted by Crippen LogP contribution is 2.47. The molecule has 21 heteroatoms. The second-order valence-electron chi connectivity index (χ2n) is 17.4. The summed E-state index contributed by atoms with van der Waals surface area (Å²) in [7, 11) is -1.63. The third kappa shape index (κ3) is 10.3. The Bertz CT molecular complexity index is 1860. The molecule has 6 heterocycles. The van der Waals surface area contributed by atoms with E-state index in [1.807, 2.05) is 14.7 Å². The number of ether oxygens (including phenoxy) is 3. The van der Waals surface area contributed by atoms with E-state index in [0.717, 1.165) is 12.0 Å². The van der Waals surface area contributed by atoms with Gasteiger partial charge in [-0.3, -0.25) is 43.4 Å². The average Bonchev–Trinajstić information content (AvgIpc) is 3.69. The van der Waals surface area contributed by atoms with Crippen LogP contribution < -0.4 is 21.3 Å². The molecular formula is C40H57BN8O12. The minimum Gasteiger partial charge on any atom is -0.443 e. The average molecular weight is 853 g/mol. The minimum atomic E-state index is -1.63. The number of morpholine rings is 2. The molecule has 6 aliphatic heterocycles. The van der Waals surface area contributed by atoms with Crippen LogP contribution in [0.3, 0.4) is 0 Å². The Morgan fingerprint density at radius 3 is 2.31 bits per heavy atom. The highest BCUT2D eigenvalue weighted by atomic mass is 16.6. The van der Waals surface area contributed by atoms with Crippen molar-refractivity contribution in [3.05, 3.63) is 35.4 Å². The van der Waals surface area contributed by atoms with Crippen LogP contribution >= 0.6 is 0 Å². The fourth-order valence-corrected chi connectivity index (χ4v) is 10.1. The number of hydrogen-bond donors (Lipinski definition) is 6. The van der Waals surface area contributed by atoms with Crippen molar-refractivity contribution in [2.24, 2.45) is 5.92 Å². The Morgan fingerprint density at radius 2 is 1.54 bits per heavy atom. The first-order valence-corrected chi connectivity index (χ1v) is 21.3. The van der Waals surface area contributed by atoms with Gasteiger partial charge in [0.1, 0.15) is 0 Å². The van der Waals surface area contributed by atoms with Gasteiger partial charge in [0.05, 0.1) is 58.3 Å². The molecule has 6 N–H and O–H groups in total. The molecule has 20 nitrogen and oxygen atoms in total. The van der Waals surface area contributed by atoms with Crippen molar-refractivity contribution in [1.82, 2.24) is 40.9 Å².